The highest BCUT2D eigenvalue weighted by molar-refractivity contribution is 7.80. The third-order valence-corrected chi connectivity index (χ3v) is 6.75. The monoisotopic (exact) mass is 473 g/mol. The number of hydrogen-bond acceptors (Lipinski definition) is 6. The van der Waals surface area contributed by atoms with Gasteiger partial charge in [-0.2, -0.15) is 5.10 Å². The third kappa shape index (κ3) is 5.49. The van der Waals surface area contributed by atoms with Crippen LogP contribution in [0.4, 0.5) is 5.00 Å². The lowest BCUT2D eigenvalue weighted by Crippen LogP contribution is -2.24. The maximum Gasteiger partial charge on any atom is 0.345 e. The van der Waals surface area contributed by atoms with Crippen molar-refractivity contribution >= 4 is 56.7 Å². The van der Waals surface area contributed by atoms with E-state index in [0.717, 1.165) is 21.8 Å². The second kappa shape index (κ2) is 9.17. The first-order valence-corrected chi connectivity index (χ1v) is 11.5. The van der Waals surface area contributed by atoms with Crippen molar-refractivity contribution in [2.75, 3.05) is 5.32 Å². The van der Waals surface area contributed by atoms with E-state index < -0.39 is 5.97 Å². The van der Waals surface area contributed by atoms with Crippen molar-refractivity contribution in [2.24, 2.45) is 5.10 Å². The Morgan fingerprint density at radius 1 is 1.13 bits per heavy atom. The van der Waals surface area contributed by atoms with Gasteiger partial charge in [-0.1, -0.05) is 45.0 Å². The predicted molar refractivity (Wildman–Crippen MR) is 133 cm³/mol. The maximum absolute atomic E-state index is 11.0. The van der Waals surface area contributed by atoms with Gasteiger partial charge in [0.2, 0.25) is 0 Å². The van der Waals surface area contributed by atoms with Crippen LogP contribution in [0.25, 0.3) is 10.4 Å². The van der Waals surface area contributed by atoms with Crippen LogP contribution in [-0.4, -0.2) is 27.0 Å². The number of aromatic hydroxyl groups is 1. The lowest BCUT2D eigenvalue weighted by atomic mass is 9.86. The molecule has 1 aromatic carbocycles. The van der Waals surface area contributed by atoms with Gasteiger partial charge in [0.25, 0.3) is 0 Å². The van der Waals surface area contributed by atoms with Crippen LogP contribution in [0.15, 0.2) is 46.9 Å². The van der Waals surface area contributed by atoms with Crippen LogP contribution in [0.5, 0.6) is 5.75 Å². The number of rotatable bonds is 5. The summed E-state index contributed by atoms with van der Waals surface area (Å²) in [5, 5.41) is 29.5. The fraction of sp³-hybridized carbons (Fsp3) is 0.227. The molecule has 0 unspecified atom stereocenters. The standard InChI is InChI=1S/C22H23N3O3S3/c1-12(24-25-21(29)23-17-10-9-16(31-17)20(27)28)15-11-30-19(18(15)26)13-5-7-14(8-6-13)22(2,3)4/h5-11,26H,1-4H3,(H,27,28)(H2,23,25,29)/b24-12-. The number of aromatic carboxylic acids is 1. The van der Waals surface area contributed by atoms with Crippen molar-refractivity contribution in [3.05, 3.63) is 57.8 Å². The Labute approximate surface area is 194 Å². The highest BCUT2D eigenvalue weighted by Gasteiger charge is 2.17. The molecule has 0 spiro atoms. The van der Waals surface area contributed by atoms with Gasteiger partial charge in [-0.3, -0.25) is 5.43 Å². The number of carboxylic acids is 1. The molecule has 4 N–H and O–H groups in total. The zero-order valence-corrected chi connectivity index (χ0v) is 20.0. The number of nitrogens with zero attached hydrogens (tertiary/aromatic N) is 1. The summed E-state index contributed by atoms with van der Waals surface area (Å²) in [6.07, 6.45) is 0. The molecule has 6 nitrogen and oxygen atoms in total. The van der Waals surface area contributed by atoms with Gasteiger partial charge in [0.1, 0.15) is 10.6 Å². The fourth-order valence-electron chi connectivity index (χ4n) is 2.79. The normalized spacial score (nSPS) is 11.9. The zero-order chi connectivity index (χ0) is 22.8. The molecule has 162 valence electrons. The van der Waals surface area contributed by atoms with Gasteiger partial charge in [0.15, 0.2) is 5.11 Å². The van der Waals surface area contributed by atoms with Crippen molar-refractivity contribution < 1.29 is 15.0 Å². The quantitative estimate of drug-likeness (QED) is 0.210. The van der Waals surface area contributed by atoms with Crippen molar-refractivity contribution in [3.63, 3.8) is 0 Å². The molecule has 0 aliphatic rings. The summed E-state index contributed by atoms with van der Waals surface area (Å²) in [6.45, 7) is 8.27. The summed E-state index contributed by atoms with van der Waals surface area (Å²) in [5.41, 5.74) is 6.18. The van der Waals surface area contributed by atoms with Gasteiger partial charge in [0, 0.05) is 5.38 Å². The molecule has 0 atom stereocenters. The Morgan fingerprint density at radius 3 is 2.39 bits per heavy atom. The Balaban J connectivity index is 1.70. The minimum absolute atomic E-state index is 0.0703. The number of carboxylic acid groups (broad SMARTS) is 1. The van der Waals surface area contributed by atoms with E-state index in [9.17, 15) is 9.90 Å². The van der Waals surface area contributed by atoms with Gasteiger partial charge >= 0.3 is 5.97 Å². The number of nitrogens with one attached hydrogen (secondary N) is 2. The molecule has 0 bridgehead atoms. The molecule has 0 radical (unpaired) electrons. The number of hydrazone groups is 1. The van der Waals surface area contributed by atoms with Crippen LogP contribution in [0.1, 0.15) is 48.5 Å². The first kappa shape index (κ1) is 22.9. The molecule has 3 aromatic rings. The number of benzene rings is 1. The minimum atomic E-state index is -0.984. The smallest absolute Gasteiger partial charge is 0.345 e. The van der Waals surface area contributed by atoms with Crippen molar-refractivity contribution in [1.82, 2.24) is 5.43 Å². The molecule has 0 aliphatic carbocycles. The van der Waals surface area contributed by atoms with E-state index in [-0.39, 0.29) is 21.2 Å². The van der Waals surface area contributed by atoms with Gasteiger partial charge in [-0.25, -0.2) is 4.79 Å². The lowest BCUT2D eigenvalue weighted by molar-refractivity contribution is 0.0702. The number of carbonyl (C=O) groups is 1. The molecule has 2 heterocycles. The molecule has 0 saturated carbocycles. The molecule has 31 heavy (non-hydrogen) atoms. The highest BCUT2D eigenvalue weighted by Crippen LogP contribution is 2.39. The van der Waals surface area contributed by atoms with Crippen LogP contribution < -0.4 is 10.7 Å². The second-order valence-corrected chi connectivity index (χ2v) is 10.3. The first-order chi connectivity index (χ1) is 14.6. The maximum atomic E-state index is 11.0. The highest BCUT2D eigenvalue weighted by atomic mass is 32.1. The average molecular weight is 474 g/mol. The van der Waals surface area contributed by atoms with Crippen molar-refractivity contribution in [3.8, 4) is 16.2 Å². The van der Waals surface area contributed by atoms with Crippen LogP contribution in [0, 0.1) is 0 Å². The molecule has 3 rings (SSSR count). The van der Waals surface area contributed by atoms with E-state index in [1.54, 1.807) is 13.0 Å². The molecule has 0 aliphatic heterocycles. The van der Waals surface area contributed by atoms with Crippen LogP contribution in [-0.2, 0) is 5.41 Å². The fourth-order valence-corrected chi connectivity index (χ4v) is 4.77. The third-order valence-electron chi connectivity index (χ3n) is 4.55. The molecule has 0 fully saturated rings. The first-order valence-electron chi connectivity index (χ1n) is 9.42. The second-order valence-electron chi connectivity index (χ2n) is 7.89. The number of hydrogen-bond donors (Lipinski definition) is 4. The minimum Gasteiger partial charge on any atom is -0.506 e. The van der Waals surface area contributed by atoms with E-state index in [1.807, 2.05) is 17.5 Å². The van der Waals surface area contributed by atoms with Crippen LogP contribution in [0.3, 0.4) is 0 Å². The SMILES string of the molecule is C/C(=N/NC(=S)Nc1ccc(C(=O)O)s1)c1csc(-c2ccc(C(C)(C)C)cc2)c1O. The molecule has 2 aromatic heterocycles. The van der Waals surface area contributed by atoms with E-state index >= 15 is 0 Å². The molecule has 0 amide bonds. The zero-order valence-electron chi connectivity index (χ0n) is 17.5. The van der Waals surface area contributed by atoms with E-state index in [0.29, 0.717) is 16.3 Å². The summed E-state index contributed by atoms with van der Waals surface area (Å²) < 4.78 is 0. The molecular weight excluding hydrogens is 450 g/mol. The lowest BCUT2D eigenvalue weighted by Gasteiger charge is -2.19. The summed E-state index contributed by atoms with van der Waals surface area (Å²) in [4.78, 5) is 12.0. The Hall–Kier alpha value is -2.75. The van der Waals surface area contributed by atoms with E-state index in [4.69, 9.17) is 17.3 Å². The molecule has 0 saturated heterocycles. The van der Waals surface area contributed by atoms with E-state index in [1.165, 1.54) is 23.0 Å². The van der Waals surface area contributed by atoms with Gasteiger partial charge in [-0.15, -0.1) is 22.7 Å². The van der Waals surface area contributed by atoms with Crippen molar-refractivity contribution in [2.45, 2.75) is 33.1 Å². The van der Waals surface area contributed by atoms with Gasteiger partial charge in [0.05, 0.1) is 21.2 Å². The summed E-state index contributed by atoms with van der Waals surface area (Å²) >= 11 is 7.74. The number of anilines is 1. The van der Waals surface area contributed by atoms with Gasteiger partial charge < -0.3 is 15.5 Å². The largest absolute Gasteiger partial charge is 0.506 e. The Bertz CT molecular complexity index is 1140. The molecular formula is C22H23N3O3S3. The van der Waals surface area contributed by atoms with E-state index in [2.05, 4.69) is 48.7 Å². The van der Waals surface area contributed by atoms with Crippen molar-refractivity contribution in [1.29, 1.82) is 0 Å². The number of thiophene rings is 2. The summed E-state index contributed by atoms with van der Waals surface area (Å²) in [5.74, 6) is -0.803. The number of thiocarbonyl (C=S) groups is 1. The summed E-state index contributed by atoms with van der Waals surface area (Å²) in [7, 11) is 0. The average Bonchev–Trinajstić information content (AvgIpc) is 3.32. The summed E-state index contributed by atoms with van der Waals surface area (Å²) in [6, 6.07) is 11.4. The van der Waals surface area contributed by atoms with Crippen LogP contribution >= 0.6 is 34.9 Å². The molecule has 9 heteroatoms. The van der Waals surface area contributed by atoms with Gasteiger partial charge in [-0.05, 0) is 47.8 Å². The predicted octanol–water partition coefficient (Wildman–Crippen LogP) is 5.89. The Morgan fingerprint density at radius 2 is 1.81 bits per heavy atom. The topological polar surface area (TPSA) is 94.0 Å². The van der Waals surface area contributed by atoms with Crippen LogP contribution in [0.2, 0.25) is 0 Å². The Kier molecular flexibility index (Phi) is 6.78.